The van der Waals surface area contributed by atoms with E-state index in [2.05, 4.69) is 26.1 Å². The lowest BCUT2D eigenvalue weighted by Gasteiger charge is -2.22. The van der Waals surface area contributed by atoms with Crippen molar-refractivity contribution in [3.63, 3.8) is 0 Å². The molecule has 1 saturated heterocycles. The van der Waals surface area contributed by atoms with Gasteiger partial charge in [0.2, 0.25) is 5.91 Å². The van der Waals surface area contributed by atoms with E-state index < -0.39 is 0 Å². The van der Waals surface area contributed by atoms with Gasteiger partial charge in [-0.3, -0.25) is 9.69 Å². The molecule has 17 heavy (non-hydrogen) atoms. The van der Waals surface area contributed by atoms with Crippen LogP contribution in [0.15, 0.2) is 28.7 Å². The molecular formula is C13H17BrN2O. The zero-order valence-electron chi connectivity index (χ0n) is 9.95. The summed E-state index contributed by atoms with van der Waals surface area (Å²) in [7, 11) is 0. The van der Waals surface area contributed by atoms with Crippen molar-refractivity contribution < 1.29 is 4.79 Å². The van der Waals surface area contributed by atoms with Crippen molar-refractivity contribution in [2.24, 2.45) is 0 Å². The highest BCUT2D eigenvalue weighted by Crippen LogP contribution is 2.17. The predicted molar refractivity (Wildman–Crippen MR) is 73.0 cm³/mol. The number of rotatable bonds is 3. The van der Waals surface area contributed by atoms with Gasteiger partial charge in [0.25, 0.3) is 0 Å². The van der Waals surface area contributed by atoms with Crippen LogP contribution in [0.2, 0.25) is 0 Å². The number of hydrogen-bond acceptors (Lipinski definition) is 2. The van der Waals surface area contributed by atoms with Gasteiger partial charge < -0.3 is 5.32 Å². The Morgan fingerprint density at radius 2 is 2.12 bits per heavy atom. The second-order valence-electron chi connectivity index (χ2n) is 4.42. The molecule has 1 heterocycles. The zero-order chi connectivity index (χ0) is 12.3. The summed E-state index contributed by atoms with van der Waals surface area (Å²) in [4.78, 5) is 14.3. The highest BCUT2D eigenvalue weighted by molar-refractivity contribution is 9.10. The molecule has 1 amide bonds. The Kier molecular flexibility index (Phi) is 4.18. The minimum Gasteiger partial charge on any atom is -0.325 e. The minimum atomic E-state index is -0.0449. The zero-order valence-corrected chi connectivity index (χ0v) is 11.5. The fraction of sp³-hybridized carbons (Fsp3) is 0.462. The number of carbonyl (C=O) groups is 1. The van der Waals surface area contributed by atoms with Crippen molar-refractivity contribution in [1.29, 1.82) is 0 Å². The fourth-order valence-electron chi connectivity index (χ4n) is 2.11. The lowest BCUT2D eigenvalue weighted by atomic mass is 10.2. The molecule has 0 unspecified atom stereocenters. The maximum absolute atomic E-state index is 12.0. The van der Waals surface area contributed by atoms with Crippen LogP contribution in [0.25, 0.3) is 0 Å². The van der Waals surface area contributed by atoms with Crippen LogP contribution in [-0.2, 0) is 4.79 Å². The number of amides is 1. The van der Waals surface area contributed by atoms with Gasteiger partial charge in [0.05, 0.1) is 6.04 Å². The summed E-state index contributed by atoms with van der Waals surface area (Å²) in [5, 5.41) is 2.95. The molecule has 1 aliphatic rings. The molecule has 3 nitrogen and oxygen atoms in total. The normalized spacial score (nSPS) is 18.0. The first kappa shape index (κ1) is 12.6. The third kappa shape index (κ3) is 3.30. The maximum atomic E-state index is 12.0. The number of benzene rings is 1. The third-order valence-electron chi connectivity index (χ3n) is 3.16. The van der Waals surface area contributed by atoms with E-state index in [1.165, 1.54) is 12.8 Å². The number of anilines is 1. The maximum Gasteiger partial charge on any atom is 0.241 e. The minimum absolute atomic E-state index is 0.0449. The highest BCUT2D eigenvalue weighted by Gasteiger charge is 2.23. The molecule has 2 rings (SSSR count). The van der Waals surface area contributed by atoms with Crippen LogP contribution in [-0.4, -0.2) is 29.9 Å². The van der Waals surface area contributed by atoms with Crippen molar-refractivity contribution >= 4 is 27.5 Å². The van der Waals surface area contributed by atoms with E-state index in [1.54, 1.807) is 0 Å². The third-order valence-corrected chi connectivity index (χ3v) is 3.65. The standard InChI is InChI=1S/C13H17BrN2O/c1-10(16-7-2-3-8-16)13(17)15-12-6-4-5-11(14)9-12/h4-6,9-10H,2-3,7-8H2,1H3,(H,15,17)/t10-/m1/s1. The molecule has 1 aliphatic heterocycles. The van der Waals surface area contributed by atoms with Crippen LogP contribution in [0.5, 0.6) is 0 Å². The van der Waals surface area contributed by atoms with Gasteiger partial charge in [-0.15, -0.1) is 0 Å². The quantitative estimate of drug-likeness (QED) is 0.930. The average Bonchev–Trinajstić information content (AvgIpc) is 2.81. The van der Waals surface area contributed by atoms with Crippen molar-refractivity contribution in [2.75, 3.05) is 18.4 Å². The number of carbonyl (C=O) groups excluding carboxylic acids is 1. The first-order valence-corrected chi connectivity index (χ1v) is 6.76. The van der Waals surface area contributed by atoms with E-state index >= 15 is 0 Å². The number of likely N-dealkylation sites (tertiary alicyclic amines) is 1. The Morgan fingerprint density at radius 3 is 2.76 bits per heavy atom. The summed E-state index contributed by atoms with van der Waals surface area (Å²) in [6.45, 7) is 4.04. The highest BCUT2D eigenvalue weighted by atomic mass is 79.9. The van der Waals surface area contributed by atoms with Gasteiger partial charge in [0.1, 0.15) is 0 Å². The van der Waals surface area contributed by atoms with Crippen LogP contribution in [0, 0.1) is 0 Å². The SMILES string of the molecule is C[C@H](C(=O)Nc1cccc(Br)c1)N1CCCC1. The van der Waals surface area contributed by atoms with E-state index in [4.69, 9.17) is 0 Å². The van der Waals surface area contributed by atoms with Crippen molar-refractivity contribution in [1.82, 2.24) is 4.90 Å². The lowest BCUT2D eigenvalue weighted by molar-refractivity contribution is -0.120. The summed E-state index contributed by atoms with van der Waals surface area (Å²) in [5.74, 6) is 0.0741. The molecule has 1 aromatic rings. The first-order chi connectivity index (χ1) is 8.16. The Morgan fingerprint density at radius 1 is 1.41 bits per heavy atom. The summed E-state index contributed by atoms with van der Waals surface area (Å²) in [6, 6.07) is 7.63. The fourth-order valence-corrected chi connectivity index (χ4v) is 2.51. The van der Waals surface area contributed by atoms with Crippen LogP contribution < -0.4 is 5.32 Å². The molecule has 0 aromatic heterocycles. The summed E-state index contributed by atoms with van der Waals surface area (Å²) in [5.41, 5.74) is 0.843. The Labute approximate surface area is 110 Å². The van der Waals surface area contributed by atoms with Gasteiger partial charge in [0.15, 0.2) is 0 Å². The van der Waals surface area contributed by atoms with Crippen LogP contribution in [0.1, 0.15) is 19.8 Å². The van der Waals surface area contributed by atoms with E-state index in [-0.39, 0.29) is 11.9 Å². The molecule has 1 aromatic carbocycles. The Balaban J connectivity index is 1.96. The molecule has 0 spiro atoms. The topological polar surface area (TPSA) is 32.3 Å². The second-order valence-corrected chi connectivity index (χ2v) is 5.33. The molecule has 0 radical (unpaired) electrons. The smallest absolute Gasteiger partial charge is 0.241 e. The van der Waals surface area contributed by atoms with Crippen LogP contribution >= 0.6 is 15.9 Å². The molecule has 1 N–H and O–H groups in total. The monoisotopic (exact) mass is 296 g/mol. The Bertz CT molecular complexity index is 402. The number of nitrogens with zero attached hydrogens (tertiary/aromatic N) is 1. The van der Waals surface area contributed by atoms with Gasteiger partial charge in [0, 0.05) is 10.2 Å². The van der Waals surface area contributed by atoms with E-state index in [1.807, 2.05) is 31.2 Å². The van der Waals surface area contributed by atoms with E-state index in [9.17, 15) is 4.79 Å². The molecule has 1 atom stereocenters. The predicted octanol–water partition coefficient (Wildman–Crippen LogP) is 2.87. The molecule has 0 aliphatic carbocycles. The molecule has 1 fully saturated rings. The lowest BCUT2D eigenvalue weighted by Crippen LogP contribution is -2.40. The first-order valence-electron chi connectivity index (χ1n) is 5.97. The molecular weight excluding hydrogens is 280 g/mol. The summed E-state index contributed by atoms with van der Waals surface area (Å²) >= 11 is 3.39. The largest absolute Gasteiger partial charge is 0.325 e. The number of halogens is 1. The van der Waals surface area contributed by atoms with Gasteiger partial charge in [-0.25, -0.2) is 0 Å². The molecule has 0 bridgehead atoms. The van der Waals surface area contributed by atoms with Gasteiger partial charge >= 0.3 is 0 Å². The van der Waals surface area contributed by atoms with Crippen molar-refractivity contribution in [2.45, 2.75) is 25.8 Å². The molecule has 0 saturated carbocycles. The number of nitrogens with one attached hydrogen (secondary N) is 1. The van der Waals surface area contributed by atoms with E-state index in [0.29, 0.717) is 0 Å². The number of hydrogen-bond donors (Lipinski definition) is 1. The Hall–Kier alpha value is -0.870. The van der Waals surface area contributed by atoms with Crippen LogP contribution in [0.4, 0.5) is 5.69 Å². The molecule has 4 heteroatoms. The van der Waals surface area contributed by atoms with Crippen molar-refractivity contribution in [3.05, 3.63) is 28.7 Å². The van der Waals surface area contributed by atoms with Crippen LogP contribution in [0.3, 0.4) is 0 Å². The van der Waals surface area contributed by atoms with Crippen molar-refractivity contribution in [3.8, 4) is 0 Å². The van der Waals surface area contributed by atoms with Gasteiger partial charge in [-0.05, 0) is 51.1 Å². The second kappa shape index (κ2) is 5.65. The average molecular weight is 297 g/mol. The summed E-state index contributed by atoms with van der Waals surface area (Å²) in [6.07, 6.45) is 2.41. The molecule has 92 valence electrons. The van der Waals surface area contributed by atoms with Gasteiger partial charge in [-0.2, -0.15) is 0 Å². The summed E-state index contributed by atoms with van der Waals surface area (Å²) < 4.78 is 0.976. The van der Waals surface area contributed by atoms with E-state index in [0.717, 1.165) is 23.2 Å². The van der Waals surface area contributed by atoms with Gasteiger partial charge in [-0.1, -0.05) is 22.0 Å².